The summed E-state index contributed by atoms with van der Waals surface area (Å²) in [6.07, 6.45) is 0. The number of halogens is 1. The third-order valence-corrected chi connectivity index (χ3v) is 4.22. The van der Waals surface area contributed by atoms with E-state index in [0.29, 0.717) is 6.54 Å². The maximum atomic E-state index is 14.2. The Bertz CT molecular complexity index is 763. The van der Waals surface area contributed by atoms with Crippen LogP contribution in [0.25, 0.3) is 0 Å². The number of hydrogen-bond donors (Lipinski definition) is 1. The van der Waals surface area contributed by atoms with E-state index in [1.807, 2.05) is 0 Å². The summed E-state index contributed by atoms with van der Waals surface area (Å²) in [5, 5.41) is 13.6. The topological polar surface area (TPSA) is 102 Å². The number of carbonyl (C=O) groups excluding carboxylic acids is 2. The standard InChI is InChI=1S/C17H22FN3O5/c1-6-19-14(22)13-16(2,3)26-17(4,5)20(13)15(23)11-9-10(21(24)25)7-8-12(11)18/h7-9,13H,6H2,1-5H3,(H,19,22). The first-order chi connectivity index (χ1) is 11.9. The number of nitro groups is 1. The van der Waals surface area contributed by atoms with Gasteiger partial charge in [-0.05, 0) is 40.7 Å². The Hall–Kier alpha value is -2.55. The van der Waals surface area contributed by atoms with Crippen LogP contribution in [0.5, 0.6) is 0 Å². The molecule has 1 aromatic carbocycles. The molecule has 0 saturated carbocycles. The fraction of sp³-hybridized carbons (Fsp3) is 0.529. The van der Waals surface area contributed by atoms with E-state index in [-0.39, 0.29) is 0 Å². The SMILES string of the molecule is CCNC(=O)C1N(C(=O)c2cc([N+](=O)[O-])ccc2F)C(C)(C)OC1(C)C. The summed E-state index contributed by atoms with van der Waals surface area (Å²) in [6.45, 7) is 8.57. The summed E-state index contributed by atoms with van der Waals surface area (Å²) >= 11 is 0. The van der Waals surface area contributed by atoms with Crippen molar-refractivity contribution in [3.8, 4) is 0 Å². The van der Waals surface area contributed by atoms with Crippen LogP contribution in [0.1, 0.15) is 45.0 Å². The Balaban J connectivity index is 2.55. The lowest BCUT2D eigenvalue weighted by atomic mass is 9.96. The summed E-state index contributed by atoms with van der Waals surface area (Å²) in [5.74, 6) is -2.20. The van der Waals surface area contributed by atoms with Gasteiger partial charge in [0.05, 0.1) is 16.1 Å². The number of nitrogens with one attached hydrogen (secondary N) is 1. The summed E-state index contributed by atoms with van der Waals surface area (Å²) in [5.41, 5.74) is -3.15. The number of carbonyl (C=O) groups is 2. The number of nitrogens with zero attached hydrogens (tertiary/aromatic N) is 2. The van der Waals surface area contributed by atoms with Crippen LogP contribution in [0.3, 0.4) is 0 Å². The second-order valence-electron chi connectivity index (χ2n) is 7.05. The van der Waals surface area contributed by atoms with Gasteiger partial charge in [-0.15, -0.1) is 0 Å². The molecule has 1 aromatic rings. The van der Waals surface area contributed by atoms with E-state index in [2.05, 4.69) is 5.32 Å². The minimum absolute atomic E-state index is 0.346. The molecular formula is C17H22FN3O5. The van der Waals surface area contributed by atoms with Gasteiger partial charge in [0, 0.05) is 18.7 Å². The molecule has 1 N–H and O–H groups in total. The number of benzene rings is 1. The highest BCUT2D eigenvalue weighted by Gasteiger charge is 2.57. The minimum Gasteiger partial charge on any atom is -0.354 e. The zero-order valence-electron chi connectivity index (χ0n) is 15.3. The number of ether oxygens (including phenoxy) is 1. The molecule has 1 heterocycles. The number of likely N-dealkylation sites (N-methyl/N-ethyl adjacent to an activating group) is 1. The number of rotatable bonds is 4. The molecular weight excluding hydrogens is 345 g/mol. The van der Waals surface area contributed by atoms with Crippen molar-refractivity contribution in [2.45, 2.75) is 52.0 Å². The van der Waals surface area contributed by atoms with Crippen molar-refractivity contribution in [2.75, 3.05) is 6.54 Å². The van der Waals surface area contributed by atoms with Crippen molar-refractivity contribution >= 4 is 17.5 Å². The van der Waals surface area contributed by atoms with Crippen LogP contribution >= 0.6 is 0 Å². The second kappa shape index (κ2) is 6.64. The van der Waals surface area contributed by atoms with E-state index >= 15 is 0 Å². The van der Waals surface area contributed by atoms with Crippen LogP contribution in [0.2, 0.25) is 0 Å². The molecule has 2 rings (SSSR count). The van der Waals surface area contributed by atoms with Gasteiger partial charge < -0.3 is 10.1 Å². The number of amides is 2. The van der Waals surface area contributed by atoms with Crippen molar-refractivity contribution in [3.05, 3.63) is 39.7 Å². The normalized spacial score (nSPS) is 20.7. The van der Waals surface area contributed by atoms with Gasteiger partial charge in [0.1, 0.15) is 17.6 Å². The first kappa shape index (κ1) is 19.8. The van der Waals surface area contributed by atoms with Crippen LogP contribution in [0.15, 0.2) is 18.2 Å². The predicted molar refractivity (Wildman–Crippen MR) is 90.9 cm³/mol. The van der Waals surface area contributed by atoms with Crippen molar-refractivity contribution in [3.63, 3.8) is 0 Å². The highest BCUT2D eigenvalue weighted by Crippen LogP contribution is 2.40. The van der Waals surface area contributed by atoms with Gasteiger partial charge in [-0.3, -0.25) is 24.6 Å². The van der Waals surface area contributed by atoms with Gasteiger partial charge >= 0.3 is 0 Å². The van der Waals surface area contributed by atoms with E-state index in [0.717, 1.165) is 23.1 Å². The summed E-state index contributed by atoms with van der Waals surface area (Å²) in [6, 6.07) is 1.68. The number of hydrogen-bond acceptors (Lipinski definition) is 5. The lowest BCUT2D eigenvalue weighted by molar-refractivity contribution is -0.384. The molecule has 1 fully saturated rings. The molecule has 1 unspecified atom stereocenters. The largest absolute Gasteiger partial charge is 0.354 e. The van der Waals surface area contributed by atoms with E-state index < -0.39 is 51.2 Å². The minimum atomic E-state index is -1.21. The van der Waals surface area contributed by atoms with Gasteiger partial charge in [-0.2, -0.15) is 0 Å². The molecule has 0 spiro atoms. The molecule has 142 valence electrons. The van der Waals surface area contributed by atoms with Gasteiger partial charge in [-0.1, -0.05) is 0 Å². The zero-order chi connectivity index (χ0) is 19.9. The zero-order valence-corrected chi connectivity index (χ0v) is 15.3. The fourth-order valence-corrected chi connectivity index (χ4v) is 3.36. The molecule has 0 aromatic heterocycles. The molecule has 1 atom stereocenters. The Morgan fingerprint density at radius 3 is 2.50 bits per heavy atom. The Morgan fingerprint density at radius 2 is 1.96 bits per heavy atom. The maximum Gasteiger partial charge on any atom is 0.270 e. The average Bonchev–Trinajstić information content (AvgIpc) is 2.70. The number of nitro benzene ring substituents is 1. The van der Waals surface area contributed by atoms with E-state index in [1.165, 1.54) is 0 Å². The lowest BCUT2D eigenvalue weighted by Gasteiger charge is -2.33. The molecule has 1 aliphatic heterocycles. The van der Waals surface area contributed by atoms with Gasteiger partial charge in [0.25, 0.3) is 11.6 Å². The molecule has 1 aliphatic rings. The smallest absolute Gasteiger partial charge is 0.270 e. The first-order valence-corrected chi connectivity index (χ1v) is 8.18. The molecule has 0 radical (unpaired) electrons. The maximum absolute atomic E-state index is 14.2. The molecule has 8 nitrogen and oxygen atoms in total. The fourth-order valence-electron chi connectivity index (χ4n) is 3.36. The highest BCUT2D eigenvalue weighted by atomic mass is 19.1. The quantitative estimate of drug-likeness (QED) is 0.649. The van der Waals surface area contributed by atoms with Crippen LogP contribution in [0.4, 0.5) is 10.1 Å². The molecule has 1 saturated heterocycles. The monoisotopic (exact) mass is 367 g/mol. The van der Waals surface area contributed by atoms with E-state index in [1.54, 1.807) is 34.6 Å². The van der Waals surface area contributed by atoms with Gasteiger partial charge in [0.2, 0.25) is 5.91 Å². The third kappa shape index (κ3) is 3.39. The van der Waals surface area contributed by atoms with Crippen molar-refractivity contribution < 1.29 is 23.6 Å². The third-order valence-electron chi connectivity index (χ3n) is 4.22. The number of non-ortho nitro benzene ring substituents is 1. The summed E-state index contributed by atoms with van der Waals surface area (Å²) in [7, 11) is 0. The molecule has 0 bridgehead atoms. The van der Waals surface area contributed by atoms with Crippen LogP contribution in [0, 0.1) is 15.9 Å². The van der Waals surface area contributed by atoms with E-state index in [4.69, 9.17) is 4.74 Å². The predicted octanol–water partition coefficient (Wildman–Crippen LogP) is 2.23. The highest BCUT2D eigenvalue weighted by molar-refractivity contribution is 5.99. The van der Waals surface area contributed by atoms with Crippen molar-refractivity contribution in [1.82, 2.24) is 10.2 Å². The molecule has 26 heavy (non-hydrogen) atoms. The Morgan fingerprint density at radius 1 is 1.35 bits per heavy atom. The van der Waals surface area contributed by atoms with Gasteiger partial charge in [-0.25, -0.2) is 4.39 Å². The second-order valence-corrected chi connectivity index (χ2v) is 7.05. The van der Waals surface area contributed by atoms with Crippen LogP contribution in [-0.4, -0.2) is 45.6 Å². The molecule has 2 amide bonds. The average molecular weight is 367 g/mol. The summed E-state index contributed by atoms with van der Waals surface area (Å²) in [4.78, 5) is 37.0. The molecule has 9 heteroatoms. The lowest BCUT2D eigenvalue weighted by Crippen LogP contribution is -2.56. The Kier molecular flexibility index (Phi) is 5.05. The van der Waals surface area contributed by atoms with Crippen molar-refractivity contribution in [2.24, 2.45) is 0 Å². The Labute approximate surface area is 150 Å². The van der Waals surface area contributed by atoms with Gasteiger partial charge in [0.15, 0.2) is 0 Å². The summed E-state index contributed by atoms with van der Waals surface area (Å²) < 4.78 is 20.1. The van der Waals surface area contributed by atoms with Crippen LogP contribution in [-0.2, 0) is 9.53 Å². The molecule has 0 aliphatic carbocycles. The first-order valence-electron chi connectivity index (χ1n) is 8.18. The van der Waals surface area contributed by atoms with E-state index in [9.17, 15) is 24.1 Å². The van der Waals surface area contributed by atoms with Crippen LogP contribution < -0.4 is 5.32 Å². The van der Waals surface area contributed by atoms with Crippen molar-refractivity contribution in [1.29, 1.82) is 0 Å².